The van der Waals surface area contributed by atoms with Crippen LogP contribution in [0.1, 0.15) is 11.1 Å². The molecule has 0 aliphatic heterocycles. The van der Waals surface area contributed by atoms with Crippen LogP contribution in [0.25, 0.3) is 12.2 Å². The van der Waals surface area contributed by atoms with Crippen molar-refractivity contribution in [3.8, 4) is 0 Å². The van der Waals surface area contributed by atoms with E-state index in [1.54, 1.807) is 36.4 Å². The molecule has 2 aromatic rings. The Bertz CT molecular complexity index is 939. The first-order chi connectivity index (χ1) is 11.3. The average Bonchev–Trinajstić information content (AvgIpc) is 2.52. The van der Waals surface area contributed by atoms with Crippen LogP contribution < -0.4 is 0 Å². The molecule has 0 bridgehead atoms. The summed E-state index contributed by atoms with van der Waals surface area (Å²) in [5.41, 5.74) is 1.06. The van der Waals surface area contributed by atoms with Gasteiger partial charge in [0, 0.05) is 12.1 Å². The summed E-state index contributed by atoms with van der Waals surface area (Å²) >= 11 is 5.65. The Morgan fingerprint density at radius 1 is 1.04 bits per heavy atom. The molecule has 0 aliphatic carbocycles. The molecule has 0 heterocycles. The van der Waals surface area contributed by atoms with Crippen LogP contribution in [-0.2, 0) is 10.2 Å². The lowest BCUT2D eigenvalue weighted by Crippen LogP contribution is -1.93. The molecule has 2 aromatic carbocycles. The van der Waals surface area contributed by atoms with Gasteiger partial charge in [-0.2, -0.15) is 8.42 Å². The molecule has 0 saturated heterocycles. The summed E-state index contributed by atoms with van der Waals surface area (Å²) < 4.78 is 35.0. The molecule has 5 nitrogen and oxygen atoms in total. The molecule has 0 unspecified atom stereocenters. The molecule has 0 aromatic heterocycles. The van der Waals surface area contributed by atoms with Crippen molar-refractivity contribution in [3.63, 3.8) is 0 Å². The second kappa shape index (κ2) is 7.37. The van der Waals surface area contributed by atoms with Crippen LogP contribution in [0.15, 0.2) is 59.5 Å². The van der Waals surface area contributed by atoms with E-state index >= 15 is 0 Å². The number of halogens is 2. The number of benzene rings is 2. The molecule has 8 heteroatoms. The van der Waals surface area contributed by atoms with E-state index in [-0.39, 0.29) is 10.7 Å². The van der Waals surface area contributed by atoms with Gasteiger partial charge in [0.2, 0.25) is 0 Å². The van der Waals surface area contributed by atoms with E-state index in [1.807, 2.05) is 0 Å². The topological polar surface area (TPSA) is 77.3 Å². The maximum atomic E-state index is 13.1. The van der Waals surface area contributed by atoms with Gasteiger partial charge < -0.3 is 0 Å². The van der Waals surface area contributed by atoms with Crippen LogP contribution in [0.2, 0.25) is 5.02 Å². The van der Waals surface area contributed by atoms with Gasteiger partial charge in [-0.1, -0.05) is 54.1 Å². The molecule has 0 fully saturated rings. The Morgan fingerprint density at radius 2 is 1.67 bits per heavy atom. The Morgan fingerprint density at radius 3 is 2.25 bits per heavy atom. The fraction of sp³-hybridized carbons (Fsp3) is 0. The lowest BCUT2D eigenvalue weighted by molar-refractivity contribution is -0.384. The molecule has 0 atom stereocenters. The standard InChI is InChI=1S/C16H11ClFNO4S/c17-15-9-8-13(11-16(15)24(18,22)23)5-2-1-4-12-6-3-7-14(10-12)19(20)21/h1-11H/b4-1+,5-2-. The van der Waals surface area contributed by atoms with Crippen LogP contribution in [0.4, 0.5) is 9.57 Å². The van der Waals surface area contributed by atoms with Gasteiger partial charge in [0.1, 0.15) is 4.90 Å². The molecule has 0 radical (unpaired) electrons. The number of hydrogen-bond acceptors (Lipinski definition) is 4. The van der Waals surface area contributed by atoms with Gasteiger partial charge in [-0.15, -0.1) is 3.89 Å². The predicted octanol–water partition coefficient (Wildman–Crippen LogP) is 4.63. The first-order valence-corrected chi connectivity index (χ1v) is 8.37. The van der Waals surface area contributed by atoms with Gasteiger partial charge in [-0.05, 0) is 23.3 Å². The number of rotatable bonds is 5. The Hall–Kier alpha value is -2.51. The van der Waals surface area contributed by atoms with E-state index in [9.17, 15) is 22.4 Å². The molecule has 0 amide bonds. The van der Waals surface area contributed by atoms with E-state index in [0.29, 0.717) is 11.1 Å². The minimum absolute atomic E-state index is 0.0170. The number of nitrogens with zero attached hydrogens (tertiary/aromatic N) is 1. The number of nitro benzene ring substituents is 1. The molecule has 0 saturated carbocycles. The van der Waals surface area contributed by atoms with Crippen LogP contribution in [0, 0.1) is 10.1 Å². The van der Waals surface area contributed by atoms with Gasteiger partial charge in [-0.25, -0.2) is 0 Å². The first-order valence-electron chi connectivity index (χ1n) is 6.61. The molecule has 0 spiro atoms. The summed E-state index contributed by atoms with van der Waals surface area (Å²) in [4.78, 5) is 9.61. The highest BCUT2D eigenvalue weighted by Crippen LogP contribution is 2.24. The van der Waals surface area contributed by atoms with Crippen molar-refractivity contribution in [1.82, 2.24) is 0 Å². The van der Waals surface area contributed by atoms with Gasteiger partial charge in [0.15, 0.2) is 0 Å². The second-order valence-corrected chi connectivity index (χ2v) is 6.42. The maximum absolute atomic E-state index is 13.1. The molecular formula is C16H11ClFNO4S. The third kappa shape index (κ3) is 4.74. The normalized spacial score (nSPS) is 12.1. The quantitative estimate of drug-likeness (QED) is 0.334. The van der Waals surface area contributed by atoms with Crippen molar-refractivity contribution >= 4 is 39.7 Å². The number of nitro groups is 1. The van der Waals surface area contributed by atoms with Crippen molar-refractivity contribution in [3.05, 3.63) is 80.9 Å². The minimum Gasteiger partial charge on any atom is -0.258 e. The largest absolute Gasteiger partial charge is 0.333 e. The van der Waals surface area contributed by atoms with E-state index in [4.69, 9.17) is 11.6 Å². The fourth-order valence-electron chi connectivity index (χ4n) is 1.89. The smallest absolute Gasteiger partial charge is 0.258 e. The summed E-state index contributed by atoms with van der Waals surface area (Å²) in [5, 5.41) is 10.5. The highest BCUT2D eigenvalue weighted by molar-refractivity contribution is 7.86. The minimum atomic E-state index is -4.89. The molecule has 0 aliphatic rings. The predicted molar refractivity (Wildman–Crippen MR) is 90.9 cm³/mol. The van der Waals surface area contributed by atoms with Gasteiger partial charge in [0.05, 0.1) is 9.95 Å². The zero-order valence-corrected chi connectivity index (χ0v) is 13.7. The zero-order chi connectivity index (χ0) is 17.7. The van der Waals surface area contributed by atoms with Crippen molar-refractivity contribution in [2.24, 2.45) is 0 Å². The molecule has 24 heavy (non-hydrogen) atoms. The Labute approximate surface area is 143 Å². The Kier molecular flexibility index (Phi) is 5.48. The highest BCUT2D eigenvalue weighted by atomic mass is 35.5. The summed E-state index contributed by atoms with van der Waals surface area (Å²) in [6, 6.07) is 10.0. The number of hydrogen-bond donors (Lipinski definition) is 0. The first kappa shape index (κ1) is 17.8. The highest BCUT2D eigenvalue weighted by Gasteiger charge is 2.16. The third-order valence-electron chi connectivity index (χ3n) is 2.99. The van der Waals surface area contributed by atoms with E-state index in [0.717, 1.165) is 6.07 Å². The lowest BCUT2D eigenvalue weighted by Gasteiger charge is -2.00. The van der Waals surface area contributed by atoms with Crippen LogP contribution in [0.3, 0.4) is 0 Å². The van der Waals surface area contributed by atoms with Crippen molar-refractivity contribution in [2.75, 3.05) is 0 Å². The van der Waals surface area contributed by atoms with Gasteiger partial charge in [-0.3, -0.25) is 10.1 Å². The third-order valence-corrected chi connectivity index (χ3v) is 4.29. The zero-order valence-electron chi connectivity index (χ0n) is 12.1. The summed E-state index contributed by atoms with van der Waals surface area (Å²) in [6.07, 6.45) is 6.42. The summed E-state index contributed by atoms with van der Waals surface area (Å²) in [7, 11) is -4.89. The molecular weight excluding hydrogens is 357 g/mol. The van der Waals surface area contributed by atoms with Crippen molar-refractivity contribution in [2.45, 2.75) is 4.90 Å². The van der Waals surface area contributed by atoms with E-state index in [1.165, 1.54) is 24.3 Å². The number of non-ortho nitro benzene ring substituents is 1. The van der Waals surface area contributed by atoms with E-state index < -0.39 is 20.0 Å². The van der Waals surface area contributed by atoms with Crippen LogP contribution in [0.5, 0.6) is 0 Å². The monoisotopic (exact) mass is 367 g/mol. The van der Waals surface area contributed by atoms with Crippen LogP contribution in [-0.4, -0.2) is 13.3 Å². The summed E-state index contributed by atoms with van der Waals surface area (Å²) in [5.74, 6) is 0. The molecule has 2 rings (SSSR count). The van der Waals surface area contributed by atoms with Crippen molar-refractivity contribution < 1.29 is 17.2 Å². The fourth-order valence-corrected chi connectivity index (χ4v) is 2.86. The average molecular weight is 368 g/mol. The van der Waals surface area contributed by atoms with Gasteiger partial charge in [0.25, 0.3) is 5.69 Å². The van der Waals surface area contributed by atoms with E-state index in [2.05, 4.69) is 0 Å². The second-order valence-electron chi connectivity index (χ2n) is 4.70. The summed E-state index contributed by atoms with van der Waals surface area (Å²) in [6.45, 7) is 0. The molecule has 0 N–H and O–H groups in total. The maximum Gasteiger partial charge on any atom is 0.333 e. The Balaban J connectivity index is 2.17. The lowest BCUT2D eigenvalue weighted by atomic mass is 10.1. The number of allylic oxidation sites excluding steroid dienone is 2. The van der Waals surface area contributed by atoms with Crippen molar-refractivity contribution in [1.29, 1.82) is 0 Å². The SMILES string of the molecule is O=[N+]([O-])c1cccc(/C=C/C=C\c2ccc(Cl)c(S(=O)(=O)F)c2)c1. The van der Waals surface area contributed by atoms with Gasteiger partial charge >= 0.3 is 10.2 Å². The van der Waals surface area contributed by atoms with Crippen LogP contribution >= 0.6 is 11.6 Å². The molecule has 124 valence electrons.